The van der Waals surface area contributed by atoms with E-state index >= 15 is 0 Å². The number of rotatable bonds is 3. The Morgan fingerprint density at radius 3 is 2.64 bits per heavy atom. The van der Waals surface area contributed by atoms with Gasteiger partial charge in [0.2, 0.25) is 0 Å². The van der Waals surface area contributed by atoms with Crippen LogP contribution in [0.4, 0.5) is 0 Å². The number of carbonyl (C=O) groups is 1. The average Bonchev–Trinajstić information content (AvgIpc) is 2.08. The highest BCUT2D eigenvalue weighted by atomic mass is 35.5. The van der Waals surface area contributed by atoms with Crippen molar-refractivity contribution in [3.05, 3.63) is 46.0 Å². The summed E-state index contributed by atoms with van der Waals surface area (Å²) >= 11 is 11.7. The number of halogens is 2. The summed E-state index contributed by atoms with van der Waals surface area (Å²) in [6, 6.07) is 5.03. The van der Waals surface area contributed by atoms with Crippen molar-refractivity contribution in [1.82, 2.24) is 0 Å². The predicted molar refractivity (Wildman–Crippen MR) is 60.2 cm³/mol. The Morgan fingerprint density at radius 2 is 2.07 bits per heavy atom. The van der Waals surface area contributed by atoms with E-state index in [0.29, 0.717) is 22.0 Å². The second kappa shape index (κ2) is 4.63. The van der Waals surface area contributed by atoms with Gasteiger partial charge in [-0.3, -0.25) is 4.79 Å². The van der Waals surface area contributed by atoms with Gasteiger partial charge in [0, 0.05) is 12.0 Å². The average molecular weight is 229 g/mol. The van der Waals surface area contributed by atoms with E-state index in [0.717, 1.165) is 5.57 Å². The fourth-order valence-corrected chi connectivity index (χ4v) is 1.49. The van der Waals surface area contributed by atoms with Crippen molar-refractivity contribution in [2.45, 2.75) is 13.3 Å². The van der Waals surface area contributed by atoms with Crippen molar-refractivity contribution in [3.8, 4) is 0 Å². The van der Waals surface area contributed by atoms with Crippen LogP contribution in [0.3, 0.4) is 0 Å². The highest BCUT2D eigenvalue weighted by Crippen LogP contribution is 2.26. The number of allylic oxidation sites excluding steroid dienone is 1. The molecule has 0 saturated carbocycles. The molecular weight excluding hydrogens is 219 g/mol. The molecule has 1 aromatic carbocycles. The molecule has 1 aromatic rings. The Kier molecular flexibility index (Phi) is 3.73. The minimum absolute atomic E-state index is 0.0509. The standard InChI is InChI=1S/C11H10Cl2O/c1-7(2)6-10(14)8-4-3-5-9(12)11(8)13/h3-5H,1,6H2,2H3. The molecular formula is C11H10Cl2O. The smallest absolute Gasteiger partial charge is 0.168 e. The third-order valence-electron chi connectivity index (χ3n) is 1.71. The Bertz CT molecular complexity index is 383. The molecule has 0 heterocycles. The summed E-state index contributed by atoms with van der Waals surface area (Å²) in [4.78, 5) is 11.6. The summed E-state index contributed by atoms with van der Waals surface area (Å²) in [5.41, 5.74) is 1.27. The Hall–Kier alpha value is -0.790. The van der Waals surface area contributed by atoms with E-state index in [9.17, 15) is 4.79 Å². The maximum Gasteiger partial charge on any atom is 0.168 e. The van der Waals surface area contributed by atoms with E-state index in [1.165, 1.54) is 0 Å². The molecule has 3 heteroatoms. The van der Waals surface area contributed by atoms with Crippen molar-refractivity contribution < 1.29 is 4.79 Å². The molecule has 0 fully saturated rings. The second-order valence-corrected chi connectivity index (χ2v) is 3.94. The van der Waals surface area contributed by atoms with Crippen LogP contribution in [0.2, 0.25) is 10.0 Å². The molecule has 0 N–H and O–H groups in total. The van der Waals surface area contributed by atoms with Crippen LogP contribution in [0, 0.1) is 0 Å². The van der Waals surface area contributed by atoms with Gasteiger partial charge in [-0.25, -0.2) is 0 Å². The van der Waals surface area contributed by atoms with Crippen LogP contribution in [0.1, 0.15) is 23.7 Å². The van der Waals surface area contributed by atoms with Gasteiger partial charge in [0.25, 0.3) is 0 Å². The molecule has 0 unspecified atom stereocenters. The number of hydrogen-bond donors (Lipinski definition) is 0. The molecule has 0 bridgehead atoms. The largest absolute Gasteiger partial charge is 0.294 e. The molecule has 0 aliphatic heterocycles. The molecule has 0 atom stereocenters. The minimum atomic E-state index is -0.0509. The first-order chi connectivity index (χ1) is 6.52. The highest BCUT2D eigenvalue weighted by molar-refractivity contribution is 6.43. The van der Waals surface area contributed by atoms with Crippen LogP contribution in [-0.4, -0.2) is 5.78 Å². The number of hydrogen-bond acceptors (Lipinski definition) is 1. The lowest BCUT2D eigenvalue weighted by Gasteiger charge is -2.04. The fourth-order valence-electron chi connectivity index (χ4n) is 1.09. The summed E-state index contributed by atoms with van der Waals surface area (Å²) in [7, 11) is 0. The quantitative estimate of drug-likeness (QED) is 0.562. The van der Waals surface area contributed by atoms with Gasteiger partial charge in [-0.1, -0.05) is 41.4 Å². The van der Waals surface area contributed by atoms with Crippen LogP contribution in [0.25, 0.3) is 0 Å². The zero-order chi connectivity index (χ0) is 10.7. The predicted octanol–water partition coefficient (Wildman–Crippen LogP) is 4.14. The number of Topliss-reactive ketones (excluding diaryl/α,β-unsaturated/α-hetero) is 1. The Balaban J connectivity index is 3.01. The maximum absolute atomic E-state index is 11.6. The molecule has 14 heavy (non-hydrogen) atoms. The molecule has 1 rings (SSSR count). The van der Waals surface area contributed by atoms with E-state index in [4.69, 9.17) is 23.2 Å². The summed E-state index contributed by atoms with van der Waals surface area (Å²) in [5.74, 6) is -0.0509. The lowest BCUT2D eigenvalue weighted by Crippen LogP contribution is -2.00. The van der Waals surface area contributed by atoms with Gasteiger partial charge >= 0.3 is 0 Å². The summed E-state index contributed by atoms with van der Waals surface area (Å²) in [6.45, 7) is 5.48. The van der Waals surface area contributed by atoms with Gasteiger partial charge in [-0.05, 0) is 19.1 Å². The van der Waals surface area contributed by atoms with E-state index in [2.05, 4.69) is 6.58 Å². The molecule has 0 aliphatic carbocycles. The lowest BCUT2D eigenvalue weighted by atomic mass is 10.1. The molecule has 0 radical (unpaired) electrons. The molecule has 0 aromatic heterocycles. The molecule has 74 valence electrons. The van der Waals surface area contributed by atoms with Gasteiger partial charge in [0.15, 0.2) is 5.78 Å². The highest BCUT2D eigenvalue weighted by Gasteiger charge is 2.11. The molecule has 0 saturated heterocycles. The van der Waals surface area contributed by atoms with Crippen LogP contribution >= 0.6 is 23.2 Å². The third-order valence-corrected chi connectivity index (χ3v) is 2.53. The van der Waals surface area contributed by atoms with Gasteiger partial charge < -0.3 is 0 Å². The van der Waals surface area contributed by atoms with Crippen molar-refractivity contribution in [1.29, 1.82) is 0 Å². The molecule has 0 amide bonds. The summed E-state index contributed by atoms with van der Waals surface area (Å²) in [6.07, 6.45) is 0.306. The fraction of sp³-hybridized carbons (Fsp3) is 0.182. The first kappa shape index (κ1) is 11.3. The SMILES string of the molecule is C=C(C)CC(=O)c1cccc(Cl)c1Cl. The van der Waals surface area contributed by atoms with Crippen molar-refractivity contribution in [2.24, 2.45) is 0 Å². The van der Waals surface area contributed by atoms with Crippen LogP contribution < -0.4 is 0 Å². The third kappa shape index (κ3) is 2.60. The number of benzene rings is 1. The van der Waals surface area contributed by atoms with Crippen molar-refractivity contribution in [2.75, 3.05) is 0 Å². The first-order valence-electron chi connectivity index (χ1n) is 4.14. The molecule has 1 nitrogen and oxygen atoms in total. The normalized spacial score (nSPS) is 9.93. The second-order valence-electron chi connectivity index (χ2n) is 3.16. The van der Waals surface area contributed by atoms with E-state index in [1.807, 2.05) is 0 Å². The maximum atomic E-state index is 11.6. The van der Waals surface area contributed by atoms with E-state index < -0.39 is 0 Å². The Morgan fingerprint density at radius 1 is 1.43 bits per heavy atom. The van der Waals surface area contributed by atoms with Gasteiger partial charge in [-0.15, -0.1) is 0 Å². The van der Waals surface area contributed by atoms with Gasteiger partial charge in [-0.2, -0.15) is 0 Å². The number of ketones is 1. The monoisotopic (exact) mass is 228 g/mol. The van der Waals surface area contributed by atoms with Crippen LogP contribution in [-0.2, 0) is 0 Å². The molecule has 0 aliphatic rings. The molecule has 0 spiro atoms. The van der Waals surface area contributed by atoms with Gasteiger partial charge in [0.05, 0.1) is 10.0 Å². The van der Waals surface area contributed by atoms with Crippen LogP contribution in [0.5, 0.6) is 0 Å². The van der Waals surface area contributed by atoms with Gasteiger partial charge in [0.1, 0.15) is 0 Å². The van der Waals surface area contributed by atoms with E-state index in [1.54, 1.807) is 25.1 Å². The van der Waals surface area contributed by atoms with Crippen molar-refractivity contribution >= 4 is 29.0 Å². The summed E-state index contributed by atoms with van der Waals surface area (Å²) < 4.78 is 0. The lowest BCUT2D eigenvalue weighted by molar-refractivity contribution is 0.0993. The van der Waals surface area contributed by atoms with Crippen LogP contribution in [0.15, 0.2) is 30.4 Å². The summed E-state index contributed by atoms with van der Waals surface area (Å²) in [5, 5.41) is 0.722. The van der Waals surface area contributed by atoms with E-state index in [-0.39, 0.29) is 5.78 Å². The zero-order valence-electron chi connectivity index (χ0n) is 7.81. The zero-order valence-corrected chi connectivity index (χ0v) is 9.32. The minimum Gasteiger partial charge on any atom is -0.294 e. The Labute approximate surface area is 93.3 Å². The van der Waals surface area contributed by atoms with Crippen molar-refractivity contribution in [3.63, 3.8) is 0 Å². The number of carbonyl (C=O) groups excluding carboxylic acids is 1. The topological polar surface area (TPSA) is 17.1 Å². The first-order valence-corrected chi connectivity index (χ1v) is 4.89.